The second-order valence-corrected chi connectivity index (χ2v) is 8.64. The zero-order chi connectivity index (χ0) is 22.4. The third-order valence-electron chi connectivity index (χ3n) is 5.73. The monoisotopic (exact) mass is 431 g/mol. The Balaban J connectivity index is 1.55. The van der Waals surface area contributed by atoms with Gasteiger partial charge in [-0.25, -0.2) is 0 Å². The highest BCUT2D eigenvalue weighted by molar-refractivity contribution is 5.43. The van der Waals surface area contributed by atoms with Gasteiger partial charge in [0.25, 0.3) is 0 Å². The normalized spacial score (nSPS) is 16.6. The number of benzene rings is 1. The Kier molecular flexibility index (Phi) is 8.31. The number of aromatic nitrogens is 2. The molecule has 2 heterocycles. The van der Waals surface area contributed by atoms with E-state index in [4.69, 9.17) is 9.47 Å². The Hall–Kier alpha value is -2.13. The molecule has 0 amide bonds. The van der Waals surface area contributed by atoms with E-state index in [0.717, 1.165) is 50.5 Å². The molecular weight excluding hydrogens is 394 g/mol. The Labute approximate surface area is 185 Å². The first-order valence-electron chi connectivity index (χ1n) is 10.9. The maximum Gasteiger partial charge on any atom is 0.161 e. The predicted molar refractivity (Wildman–Crippen MR) is 122 cm³/mol. The van der Waals surface area contributed by atoms with Crippen LogP contribution in [0.25, 0.3) is 0 Å². The lowest BCUT2D eigenvalue weighted by Crippen LogP contribution is -2.47. The van der Waals surface area contributed by atoms with Crippen LogP contribution in [-0.4, -0.2) is 96.2 Å². The van der Waals surface area contributed by atoms with Crippen molar-refractivity contribution in [2.75, 3.05) is 60.5 Å². The van der Waals surface area contributed by atoms with Gasteiger partial charge in [-0.1, -0.05) is 6.07 Å². The molecule has 0 unspecified atom stereocenters. The highest BCUT2D eigenvalue weighted by Crippen LogP contribution is 2.29. The molecule has 1 aromatic heterocycles. The molecule has 0 radical (unpaired) electrons. The lowest BCUT2D eigenvalue weighted by atomic mass is 10.1. The Morgan fingerprint density at radius 3 is 2.52 bits per heavy atom. The number of aryl methyl sites for hydroxylation is 2. The van der Waals surface area contributed by atoms with E-state index >= 15 is 0 Å². The summed E-state index contributed by atoms with van der Waals surface area (Å²) in [5.74, 6) is 1.35. The summed E-state index contributed by atoms with van der Waals surface area (Å²) in [5.41, 5.74) is 3.41. The highest BCUT2D eigenvalue weighted by atomic mass is 16.5. The molecule has 1 aliphatic rings. The number of ether oxygens (including phenoxy) is 2. The SMILES string of the molecule is COc1ccc(CN(C)Cc2cn(C)nc2C)cc1OC[C@H](O)CN1CCN(C)CC1. The average Bonchev–Trinajstić information content (AvgIpc) is 3.04. The molecule has 1 saturated heterocycles. The molecule has 1 N–H and O–H groups in total. The lowest BCUT2D eigenvalue weighted by Gasteiger charge is -2.33. The molecule has 0 bridgehead atoms. The van der Waals surface area contributed by atoms with Gasteiger partial charge in [0, 0.05) is 64.6 Å². The molecule has 1 fully saturated rings. The van der Waals surface area contributed by atoms with E-state index in [1.54, 1.807) is 7.11 Å². The van der Waals surface area contributed by atoms with Gasteiger partial charge in [0.1, 0.15) is 12.7 Å². The molecule has 1 atom stereocenters. The molecule has 0 saturated carbocycles. The summed E-state index contributed by atoms with van der Waals surface area (Å²) in [6, 6.07) is 5.99. The van der Waals surface area contributed by atoms with Crippen molar-refractivity contribution in [2.45, 2.75) is 26.1 Å². The first kappa shape index (κ1) is 23.5. The number of hydrogen-bond acceptors (Lipinski definition) is 7. The number of β-amino-alcohol motifs (C(OH)–C–C–N with tert-alkyl or cyclic N) is 1. The zero-order valence-electron chi connectivity index (χ0n) is 19.5. The van der Waals surface area contributed by atoms with Crippen molar-refractivity contribution in [3.63, 3.8) is 0 Å². The minimum Gasteiger partial charge on any atom is -0.493 e. The maximum absolute atomic E-state index is 10.5. The number of methoxy groups -OCH3 is 1. The number of nitrogens with zero attached hydrogens (tertiary/aromatic N) is 5. The van der Waals surface area contributed by atoms with Gasteiger partial charge in [-0.15, -0.1) is 0 Å². The van der Waals surface area contributed by atoms with Crippen molar-refractivity contribution in [2.24, 2.45) is 7.05 Å². The highest BCUT2D eigenvalue weighted by Gasteiger charge is 2.18. The molecule has 0 spiro atoms. The molecule has 172 valence electrons. The number of likely N-dealkylation sites (N-methyl/N-ethyl adjacent to an activating group) is 1. The van der Waals surface area contributed by atoms with Gasteiger partial charge in [0.05, 0.1) is 12.8 Å². The van der Waals surface area contributed by atoms with Crippen molar-refractivity contribution >= 4 is 0 Å². The number of piperazine rings is 1. The second-order valence-electron chi connectivity index (χ2n) is 8.64. The van der Waals surface area contributed by atoms with Crippen LogP contribution in [0.15, 0.2) is 24.4 Å². The summed E-state index contributed by atoms with van der Waals surface area (Å²) in [4.78, 5) is 6.84. The van der Waals surface area contributed by atoms with Crippen LogP contribution in [0, 0.1) is 6.92 Å². The summed E-state index contributed by atoms with van der Waals surface area (Å²) in [6.07, 6.45) is 1.53. The van der Waals surface area contributed by atoms with Gasteiger partial charge in [-0.2, -0.15) is 5.10 Å². The standard InChI is InChI=1S/C23H37N5O3/c1-18-20(15-27(4)24-18)14-26(3)13-19-6-7-22(30-5)23(12-19)31-17-21(29)16-28-10-8-25(2)9-11-28/h6-7,12,15,21,29H,8-11,13-14,16-17H2,1-5H3/t21-/m1/s1. The van der Waals surface area contributed by atoms with E-state index in [9.17, 15) is 5.11 Å². The quantitative estimate of drug-likeness (QED) is 0.609. The molecule has 31 heavy (non-hydrogen) atoms. The number of hydrogen-bond donors (Lipinski definition) is 1. The van der Waals surface area contributed by atoms with Crippen LogP contribution in [0.2, 0.25) is 0 Å². The molecule has 3 rings (SSSR count). The molecule has 2 aromatic rings. The van der Waals surface area contributed by atoms with Crippen molar-refractivity contribution in [3.8, 4) is 11.5 Å². The largest absolute Gasteiger partial charge is 0.493 e. The van der Waals surface area contributed by atoms with Crippen LogP contribution in [0.1, 0.15) is 16.8 Å². The van der Waals surface area contributed by atoms with E-state index in [1.807, 2.05) is 30.8 Å². The Morgan fingerprint density at radius 2 is 1.87 bits per heavy atom. The van der Waals surface area contributed by atoms with Gasteiger partial charge < -0.3 is 19.5 Å². The summed E-state index contributed by atoms with van der Waals surface area (Å²) in [7, 11) is 7.81. The summed E-state index contributed by atoms with van der Waals surface area (Å²) >= 11 is 0. The van der Waals surface area contributed by atoms with Gasteiger partial charge in [-0.05, 0) is 38.7 Å². The molecule has 8 nitrogen and oxygen atoms in total. The molecular formula is C23H37N5O3. The van der Waals surface area contributed by atoms with Crippen LogP contribution >= 0.6 is 0 Å². The fourth-order valence-corrected chi connectivity index (χ4v) is 3.96. The van der Waals surface area contributed by atoms with Crippen molar-refractivity contribution < 1.29 is 14.6 Å². The van der Waals surface area contributed by atoms with Crippen LogP contribution < -0.4 is 9.47 Å². The van der Waals surface area contributed by atoms with Crippen LogP contribution in [-0.2, 0) is 20.1 Å². The first-order chi connectivity index (χ1) is 14.8. The number of rotatable bonds is 10. The third kappa shape index (κ3) is 6.93. The van der Waals surface area contributed by atoms with Gasteiger partial charge in [0.2, 0.25) is 0 Å². The average molecular weight is 432 g/mol. The second kappa shape index (κ2) is 10.9. The predicted octanol–water partition coefficient (Wildman–Crippen LogP) is 1.36. The number of aliphatic hydroxyl groups is 1. The smallest absolute Gasteiger partial charge is 0.161 e. The fraction of sp³-hybridized carbons (Fsp3) is 0.609. The van der Waals surface area contributed by atoms with E-state index in [-0.39, 0.29) is 6.61 Å². The van der Waals surface area contributed by atoms with Crippen LogP contribution in [0.3, 0.4) is 0 Å². The Morgan fingerprint density at radius 1 is 1.13 bits per heavy atom. The lowest BCUT2D eigenvalue weighted by molar-refractivity contribution is 0.0497. The summed E-state index contributed by atoms with van der Waals surface area (Å²) in [5, 5.41) is 14.9. The van der Waals surface area contributed by atoms with Gasteiger partial charge in [0.15, 0.2) is 11.5 Å². The van der Waals surface area contributed by atoms with Crippen molar-refractivity contribution in [1.29, 1.82) is 0 Å². The fourth-order valence-electron chi connectivity index (χ4n) is 3.96. The van der Waals surface area contributed by atoms with E-state index in [2.05, 4.69) is 46.2 Å². The van der Waals surface area contributed by atoms with E-state index in [0.29, 0.717) is 18.0 Å². The number of aliphatic hydroxyl groups excluding tert-OH is 1. The van der Waals surface area contributed by atoms with Crippen molar-refractivity contribution in [3.05, 3.63) is 41.2 Å². The van der Waals surface area contributed by atoms with Crippen LogP contribution in [0.4, 0.5) is 0 Å². The molecule has 1 aliphatic heterocycles. The topological polar surface area (TPSA) is 66.2 Å². The first-order valence-corrected chi connectivity index (χ1v) is 10.9. The van der Waals surface area contributed by atoms with Crippen LogP contribution in [0.5, 0.6) is 11.5 Å². The minimum atomic E-state index is -0.534. The molecule has 1 aromatic carbocycles. The molecule has 0 aliphatic carbocycles. The summed E-state index contributed by atoms with van der Waals surface area (Å²) < 4.78 is 13.3. The van der Waals surface area contributed by atoms with E-state index in [1.165, 1.54) is 5.56 Å². The van der Waals surface area contributed by atoms with E-state index < -0.39 is 6.10 Å². The van der Waals surface area contributed by atoms with Crippen molar-refractivity contribution in [1.82, 2.24) is 24.5 Å². The van der Waals surface area contributed by atoms with Gasteiger partial charge in [-0.3, -0.25) is 14.5 Å². The van der Waals surface area contributed by atoms with Gasteiger partial charge >= 0.3 is 0 Å². The minimum absolute atomic E-state index is 0.247. The molecule has 8 heteroatoms. The zero-order valence-corrected chi connectivity index (χ0v) is 19.5. The third-order valence-corrected chi connectivity index (χ3v) is 5.73. The maximum atomic E-state index is 10.5. The Bertz CT molecular complexity index is 833. The summed E-state index contributed by atoms with van der Waals surface area (Å²) in [6.45, 7) is 8.55.